The molecule has 3 aromatic rings. The van der Waals surface area contributed by atoms with E-state index in [0.29, 0.717) is 5.92 Å². The van der Waals surface area contributed by atoms with Crippen LogP contribution in [0.15, 0.2) is 41.4 Å². The molecule has 26 heavy (non-hydrogen) atoms. The molecule has 134 valence electrons. The van der Waals surface area contributed by atoms with E-state index in [4.69, 9.17) is 4.52 Å². The first kappa shape index (κ1) is 16.8. The van der Waals surface area contributed by atoms with Crippen LogP contribution in [-0.2, 0) is 13.0 Å². The zero-order valence-corrected chi connectivity index (χ0v) is 15.2. The van der Waals surface area contributed by atoms with Gasteiger partial charge in [-0.1, -0.05) is 5.16 Å². The summed E-state index contributed by atoms with van der Waals surface area (Å²) >= 11 is 0. The minimum Gasteiger partial charge on any atom is -0.361 e. The van der Waals surface area contributed by atoms with Crippen LogP contribution < -0.4 is 0 Å². The maximum atomic E-state index is 5.27. The van der Waals surface area contributed by atoms with Crippen LogP contribution in [0.5, 0.6) is 0 Å². The molecule has 1 saturated heterocycles. The van der Waals surface area contributed by atoms with Crippen molar-refractivity contribution in [1.29, 1.82) is 0 Å². The third-order valence-corrected chi connectivity index (χ3v) is 5.04. The summed E-state index contributed by atoms with van der Waals surface area (Å²) in [4.78, 5) is 15.5. The second kappa shape index (κ2) is 7.33. The number of aromatic nitrogens is 4. The van der Waals surface area contributed by atoms with Crippen molar-refractivity contribution >= 4 is 0 Å². The van der Waals surface area contributed by atoms with Crippen LogP contribution in [0.25, 0.3) is 11.3 Å². The molecular weight excluding hydrogens is 326 g/mol. The fourth-order valence-corrected chi connectivity index (χ4v) is 3.76. The molecule has 1 atom stereocenters. The van der Waals surface area contributed by atoms with E-state index in [1.165, 1.54) is 12.0 Å². The smallest absolute Gasteiger partial charge is 0.143 e. The van der Waals surface area contributed by atoms with Gasteiger partial charge >= 0.3 is 0 Å². The lowest BCUT2D eigenvalue weighted by Gasteiger charge is -2.16. The van der Waals surface area contributed by atoms with Crippen molar-refractivity contribution in [3.8, 4) is 11.3 Å². The normalized spacial score (nSPS) is 17.7. The highest BCUT2D eigenvalue weighted by Gasteiger charge is 2.23. The summed E-state index contributed by atoms with van der Waals surface area (Å²) < 4.78 is 5.27. The molecule has 0 bridgehead atoms. The molecule has 0 aliphatic carbocycles. The summed E-state index contributed by atoms with van der Waals surface area (Å²) in [6.07, 6.45) is 7.56. The predicted molar refractivity (Wildman–Crippen MR) is 98.3 cm³/mol. The Kier molecular flexibility index (Phi) is 4.75. The first-order chi connectivity index (χ1) is 12.7. The number of hydrogen-bond acceptors (Lipinski definition) is 6. The van der Waals surface area contributed by atoms with E-state index in [-0.39, 0.29) is 0 Å². The van der Waals surface area contributed by atoms with Gasteiger partial charge in [-0.05, 0) is 62.9 Å². The third-order valence-electron chi connectivity index (χ3n) is 5.04. The van der Waals surface area contributed by atoms with Crippen molar-refractivity contribution in [1.82, 2.24) is 25.0 Å². The highest BCUT2D eigenvalue weighted by molar-refractivity contribution is 5.63. The number of aryl methyl sites for hydroxylation is 2. The summed E-state index contributed by atoms with van der Waals surface area (Å²) in [7, 11) is 0. The molecule has 1 fully saturated rings. The fraction of sp³-hybridized carbons (Fsp3) is 0.400. The molecule has 4 rings (SSSR count). The van der Waals surface area contributed by atoms with Gasteiger partial charge in [0.25, 0.3) is 0 Å². The van der Waals surface area contributed by atoms with Crippen LogP contribution in [0.2, 0.25) is 0 Å². The highest BCUT2D eigenvalue weighted by atomic mass is 16.5. The monoisotopic (exact) mass is 349 g/mol. The summed E-state index contributed by atoms with van der Waals surface area (Å²) in [6.45, 7) is 7.10. The van der Waals surface area contributed by atoms with Gasteiger partial charge in [-0.3, -0.25) is 9.88 Å². The minimum atomic E-state index is 0.629. The van der Waals surface area contributed by atoms with E-state index in [0.717, 1.165) is 54.5 Å². The van der Waals surface area contributed by atoms with E-state index >= 15 is 0 Å². The van der Waals surface area contributed by atoms with Crippen molar-refractivity contribution in [2.24, 2.45) is 5.92 Å². The molecule has 0 N–H and O–H groups in total. The largest absolute Gasteiger partial charge is 0.361 e. The molecule has 3 aromatic heterocycles. The van der Waals surface area contributed by atoms with Gasteiger partial charge in [0, 0.05) is 31.2 Å². The Morgan fingerprint density at radius 2 is 2.04 bits per heavy atom. The summed E-state index contributed by atoms with van der Waals surface area (Å²) in [6, 6.07) is 6.26. The molecule has 0 amide bonds. The van der Waals surface area contributed by atoms with Gasteiger partial charge in [-0.25, -0.2) is 9.97 Å². The minimum absolute atomic E-state index is 0.629. The van der Waals surface area contributed by atoms with Gasteiger partial charge in [-0.2, -0.15) is 0 Å². The fourth-order valence-electron chi connectivity index (χ4n) is 3.76. The molecule has 0 aromatic carbocycles. The number of pyridine rings is 1. The number of hydrogen-bond donors (Lipinski definition) is 0. The van der Waals surface area contributed by atoms with Crippen LogP contribution in [-0.4, -0.2) is 38.1 Å². The predicted octanol–water partition coefficient (Wildman–Crippen LogP) is 3.21. The van der Waals surface area contributed by atoms with Crippen molar-refractivity contribution in [2.75, 3.05) is 13.1 Å². The molecule has 0 radical (unpaired) electrons. The lowest BCUT2D eigenvalue weighted by atomic mass is 10.0. The third kappa shape index (κ3) is 3.65. The van der Waals surface area contributed by atoms with Crippen LogP contribution in [0.4, 0.5) is 0 Å². The average Bonchev–Trinajstić information content (AvgIpc) is 3.22. The second-order valence-electron chi connectivity index (χ2n) is 7.04. The van der Waals surface area contributed by atoms with E-state index in [2.05, 4.69) is 43.2 Å². The molecule has 0 saturated carbocycles. The summed E-state index contributed by atoms with van der Waals surface area (Å²) in [5.41, 5.74) is 5.17. The van der Waals surface area contributed by atoms with Gasteiger partial charge in [0.15, 0.2) is 0 Å². The van der Waals surface area contributed by atoms with E-state index < -0.39 is 0 Å². The Bertz CT molecular complexity index is 857. The Morgan fingerprint density at radius 3 is 2.81 bits per heavy atom. The maximum absolute atomic E-state index is 5.27. The van der Waals surface area contributed by atoms with E-state index in [1.807, 2.05) is 26.2 Å². The quantitative estimate of drug-likeness (QED) is 0.704. The number of nitrogens with zero attached hydrogens (tertiary/aromatic N) is 5. The van der Waals surface area contributed by atoms with Crippen molar-refractivity contribution in [2.45, 2.75) is 33.2 Å². The van der Waals surface area contributed by atoms with Gasteiger partial charge < -0.3 is 4.52 Å². The lowest BCUT2D eigenvalue weighted by Crippen LogP contribution is -2.20. The van der Waals surface area contributed by atoms with Crippen molar-refractivity contribution in [3.05, 3.63) is 59.6 Å². The summed E-state index contributed by atoms with van der Waals surface area (Å²) in [5, 5.41) is 4.03. The molecule has 6 nitrogen and oxygen atoms in total. The van der Waals surface area contributed by atoms with Crippen LogP contribution in [0, 0.1) is 19.8 Å². The molecule has 1 aliphatic rings. The number of rotatable bonds is 5. The Hall–Kier alpha value is -2.60. The Morgan fingerprint density at radius 1 is 1.19 bits per heavy atom. The highest BCUT2D eigenvalue weighted by Crippen LogP contribution is 2.27. The first-order valence-electron chi connectivity index (χ1n) is 9.04. The summed E-state index contributed by atoms with van der Waals surface area (Å²) in [5.74, 6) is 1.43. The van der Waals surface area contributed by atoms with Crippen molar-refractivity contribution in [3.63, 3.8) is 0 Å². The van der Waals surface area contributed by atoms with Gasteiger partial charge in [-0.15, -0.1) is 0 Å². The lowest BCUT2D eigenvalue weighted by molar-refractivity contribution is 0.316. The molecule has 0 spiro atoms. The Balaban J connectivity index is 1.41. The van der Waals surface area contributed by atoms with Gasteiger partial charge in [0.05, 0.1) is 17.0 Å². The van der Waals surface area contributed by atoms with Gasteiger partial charge in [0.1, 0.15) is 12.1 Å². The standard InChI is InChI=1S/C20H23N5O/c1-14-20(15(2)26-24-14)19-10-18(22-13-23-19)9-17-5-8-25(12-17)11-16-3-6-21-7-4-16/h3-4,6-7,10,13,17H,5,8-9,11-12H2,1-2H3/t17-/m0/s1. The van der Waals surface area contributed by atoms with Crippen LogP contribution >= 0.6 is 0 Å². The topological polar surface area (TPSA) is 67.9 Å². The average molecular weight is 349 g/mol. The molecule has 4 heterocycles. The number of likely N-dealkylation sites (tertiary alicyclic amines) is 1. The maximum Gasteiger partial charge on any atom is 0.143 e. The first-order valence-corrected chi connectivity index (χ1v) is 9.04. The zero-order chi connectivity index (χ0) is 17.9. The van der Waals surface area contributed by atoms with Gasteiger partial charge in [0.2, 0.25) is 0 Å². The Labute approximate surface area is 153 Å². The second-order valence-corrected chi connectivity index (χ2v) is 7.04. The molecular formula is C20H23N5O. The molecule has 6 heteroatoms. The SMILES string of the molecule is Cc1noc(C)c1-c1cc(C[C@@H]2CCN(Cc3ccncc3)C2)ncn1. The molecule has 1 aliphatic heterocycles. The zero-order valence-electron chi connectivity index (χ0n) is 15.2. The molecule has 0 unspecified atom stereocenters. The van der Waals surface area contributed by atoms with Crippen LogP contribution in [0.1, 0.15) is 29.1 Å². The van der Waals surface area contributed by atoms with Crippen LogP contribution in [0.3, 0.4) is 0 Å². The van der Waals surface area contributed by atoms with Crippen molar-refractivity contribution < 1.29 is 4.52 Å². The van der Waals surface area contributed by atoms with E-state index in [1.54, 1.807) is 6.33 Å². The van der Waals surface area contributed by atoms with E-state index in [9.17, 15) is 0 Å².